The van der Waals surface area contributed by atoms with E-state index >= 15 is 0 Å². The monoisotopic (exact) mass is 249 g/mol. The summed E-state index contributed by atoms with van der Waals surface area (Å²) >= 11 is 1.67. The molecule has 90 valence electrons. The van der Waals surface area contributed by atoms with E-state index in [9.17, 15) is 0 Å². The van der Waals surface area contributed by atoms with E-state index in [1.165, 1.54) is 0 Å². The van der Waals surface area contributed by atoms with E-state index in [1.807, 2.05) is 23.6 Å². The van der Waals surface area contributed by atoms with Gasteiger partial charge in [-0.2, -0.15) is 0 Å². The minimum atomic E-state index is 0.318. The molecular formula is C12H15N3OS. The fourth-order valence-electron chi connectivity index (χ4n) is 2.16. The molecule has 1 aliphatic heterocycles. The van der Waals surface area contributed by atoms with Crippen LogP contribution in [0.1, 0.15) is 12.1 Å². The number of nitrogens with two attached hydrogens (primary N) is 1. The zero-order valence-corrected chi connectivity index (χ0v) is 10.3. The minimum absolute atomic E-state index is 0.318. The third-order valence-corrected chi connectivity index (χ3v) is 3.90. The Hall–Kier alpha value is -1.17. The van der Waals surface area contributed by atoms with Crippen LogP contribution in [0.4, 0.5) is 0 Å². The van der Waals surface area contributed by atoms with Gasteiger partial charge in [0.2, 0.25) is 0 Å². The number of likely N-dealkylation sites (tertiary alicyclic amines) is 1. The lowest BCUT2D eigenvalue weighted by Crippen LogP contribution is -2.26. The van der Waals surface area contributed by atoms with Crippen molar-refractivity contribution in [1.29, 1.82) is 0 Å². The largest absolute Gasteiger partial charge is 0.355 e. The van der Waals surface area contributed by atoms with Gasteiger partial charge in [0, 0.05) is 31.7 Å². The molecule has 1 unspecified atom stereocenters. The summed E-state index contributed by atoms with van der Waals surface area (Å²) in [4.78, 5) is 3.45. The van der Waals surface area contributed by atoms with Crippen LogP contribution < -0.4 is 5.73 Å². The Balaban J connectivity index is 1.69. The SMILES string of the molecule is NC1CCN(Cc2cc(-c3cccs3)on2)C1. The van der Waals surface area contributed by atoms with Crippen LogP contribution in [0.15, 0.2) is 28.1 Å². The maximum Gasteiger partial charge on any atom is 0.177 e. The molecule has 0 radical (unpaired) electrons. The molecule has 0 aliphatic carbocycles. The summed E-state index contributed by atoms with van der Waals surface area (Å²) in [5.41, 5.74) is 6.87. The zero-order valence-electron chi connectivity index (χ0n) is 9.50. The fourth-order valence-corrected chi connectivity index (χ4v) is 2.83. The fraction of sp³-hybridized carbons (Fsp3) is 0.417. The van der Waals surface area contributed by atoms with Crippen molar-refractivity contribution < 1.29 is 4.52 Å². The van der Waals surface area contributed by atoms with Gasteiger partial charge in [0.05, 0.1) is 10.6 Å². The standard InChI is InChI=1S/C12H15N3OS/c13-9-3-4-15(7-9)8-10-6-11(16-14-10)12-2-1-5-17-12/h1-2,5-6,9H,3-4,7-8,13H2. The maximum atomic E-state index is 5.88. The van der Waals surface area contributed by atoms with Crippen LogP contribution in [-0.4, -0.2) is 29.2 Å². The van der Waals surface area contributed by atoms with E-state index in [4.69, 9.17) is 10.3 Å². The lowest BCUT2D eigenvalue weighted by Gasteiger charge is -2.11. The van der Waals surface area contributed by atoms with Crippen LogP contribution >= 0.6 is 11.3 Å². The van der Waals surface area contributed by atoms with Crippen molar-refractivity contribution >= 4 is 11.3 Å². The molecule has 0 saturated carbocycles. The third kappa shape index (κ3) is 2.41. The first-order chi connectivity index (χ1) is 8.31. The number of nitrogens with zero attached hydrogens (tertiary/aromatic N) is 2. The van der Waals surface area contributed by atoms with Crippen LogP contribution in [0.2, 0.25) is 0 Å². The predicted molar refractivity (Wildman–Crippen MR) is 67.7 cm³/mol. The molecule has 0 aromatic carbocycles. The van der Waals surface area contributed by atoms with E-state index in [1.54, 1.807) is 11.3 Å². The van der Waals surface area contributed by atoms with E-state index in [-0.39, 0.29) is 0 Å². The third-order valence-electron chi connectivity index (χ3n) is 3.02. The second-order valence-corrected chi connectivity index (χ2v) is 5.39. The van der Waals surface area contributed by atoms with E-state index in [2.05, 4.69) is 10.1 Å². The molecule has 2 aromatic rings. The summed E-state index contributed by atoms with van der Waals surface area (Å²) in [6, 6.07) is 6.40. The molecule has 5 heteroatoms. The highest BCUT2D eigenvalue weighted by atomic mass is 32.1. The molecule has 2 N–H and O–H groups in total. The molecule has 4 nitrogen and oxygen atoms in total. The molecule has 1 fully saturated rings. The predicted octanol–water partition coefficient (Wildman–Crippen LogP) is 1.94. The number of hydrogen-bond donors (Lipinski definition) is 1. The Kier molecular flexibility index (Phi) is 2.96. The van der Waals surface area contributed by atoms with Gasteiger partial charge in [0.1, 0.15) is 0 Å². The molecule has 1 saturated heterocycles. The summed E-state index contributed by atoms with van der Waals surface area (Å²) in [6.45, 7) is 2.85. The second kappa shape index (κ2) is 4.60. The Bertz CT molecular complexity index is 480. The van der Waals surface area contributed by atoms with Gasteiger partial charge < -0.3 is 10.3 Å². The van der Waals surface area contributed by atoms with Crippen molar-refractivity contribution in [3.05, 3.63) is 29.3 Å². The van der Waals surface area contributed by atoms with Gasteiger partial charge in [0.15, 0.2) is 5.76 Å². The molecule has 2 aromatic heterocycles. The molecule has 1 atom stereocenters. The van der Waals surface area contributed by atoms with Crippen molar-refractivity contribution in [2.75, 3.05) is 13.1 Å². The van der Waals surface area contributed by atoms with Crippen molar-refractivity contribution in [2.45, 2.75) is 19.0 Å². The Morgan fingerprint density at radius 1 is 1.59 bits per heavy atom. The van der Waals surface area contributed by atoms with Crippen molar-refractivity contribution in [2.24, 2.45) is 5.73 Å². The highest BCUT2D eigenvalue weighted by Crippen LogP contribution is 2.25. The molecule has 0 spiro atoms. The highest BCUT2D eigenvalue weighted by Gasteiger charge is 2.20. The number of thiophene rings is 1. The first-order valence-electron chi connectivity index (χ1n) is 5.78. The van der Waals surface area contributed by atoms with Crippen LogP contribution in [-0.2, 0) is 6.54 Å². The van der Waals surface area contributed by atoms with Gasteiger partial charge in [0.25, 0.3) is 0 Å². The van der Waals surface area contributed by atoms with Crippen molar-refractivity contribution in [3.63, 3.8) is 0 Å². The van der Waals surface area contributed by atoms with Gasteiger partial charge in [-0.25, -0.2) is 0 Å². The zero-order chi connectivity index (χ0) is 11.7. The molecule has 3 heterocycles. The van der Waals surface area contributed by atoms with Crippen LogP contribution in [0.5, 0.6) is 0 Å². The first-order valence-corrected chi connectivity index (χ1v) is 6.66. The number of aromatic nitrogens is 1. The molecule has 3 rings (SSSR count). The van der Waals surface area contributed by atoms with Crippen LogP contribution in [0, 0.1) is 0 Å². The van der Waals surface area contributed by atoms with Crippen molar-refractivity contribution in [3.8, 4) is 10.6 Å². The van der Waals surface area contributed by atoms with Gasteiger partial charge >= 0.3 is 0 Å². The van der Waals surface area contributed by atoms with Gasteiger partial charge in [-0.3, -0.25) is 4.90 Å². The maximum absolute atomic E-state index is 5.88. The number of rotatable bonds is 3. The lowest BCUT2D eigenvalue weighted by atomic mass is 10.3. The normalized spacial score (nSPS) is 21.1. The molecule has 0 bridgehead atoms. The van der Waals surface area contributed by atoms with Crippen LogP contribution in [0.3, 0.4) is 0 Å². The summed E-state index contributed by atoms with van der Waals surface area (Å²) in [5, 5.41) is 6.15. The van der Waals surface area contributed by atoms with E-state index in [0.717, 1.165) is 42.4 Å². The summed E-state index contributed by atoms with van der Waals surface area (Å²) in [7, 11) is 0. The second-order valence-electron chi connectivity index (χ2n) is 4.44. The average Bonchev–Trinajstić information content (AvgIpc) is 3.00. The van der Waals surface area contributed by atoms with Crippen molar-refractivity contribution in [1.82, 2.24) is 10.1 Å². The molecule has 1 aliphatic rings. The molecule has 17 heavy (non-hydrogen) atoms. The quantitative estimate of drug-likeness (QED) is 0.903. The highest BCUT2D eigenvalue weighted by molar-refractivity contribution is 7.13. The minimum Gasteiger partial charge on any atom is -0.355 e. The van der Waals surface area contributed by atoms with Crippen LogP contribution in [0.25, 0.3) is 10.6 Å². The van der Waals surface area contributed by atoms with E-state index in [0.29, 0.717) is 6.04 Å². The topological polar surface area (TPSA) is 55.3 Å². The molecular weight excluding hydrogens is 234 g/mol. The summed E-state index contributed by atoms with van der Waals surface area (Å²) in [6.07, 6.45) is 1.08. The number of hydrogen-bond acceptors (Lipinski definition) is 5. The summed E-state index contributed by atoms with van der Waals surface area (Å²) in [5.74, 6) is 0.860. The Labute approximate surface area is 104 Å². The lowest BCUT2D eigenvalue weighted by molar-refractivity contribution is 0.311. The van der Waals surface area contributed by atoms with Gasteiger partial charge in [-0.05, 0) is 17.9 Å². The van der Waals surface area contributed by atoms with Gasteiger partial charge in [-0.1, -0.05) is 11.2 Å². The average molecular weight is 249 g/mol. The summed E-state index contributed by atoms with van der Waals surface area (Å²) < 4.78 is 5.35. The Morgan fingerprint density at radius 3 is 3.24 bits per heavy atom. The van der Waals surface area contributed by atoms with Gasteiger partial charge in [-0.15, -0.1) is 11.3 Å². The first kappa shape index (κ1) is 11.0. The smallest absolute Gasteiger partial charge is 0.177 e. The Morgan fingerprint density at radius 2 is 2.53 bits per heavy atom. The molecule has 0 amide bonds. The van der Waals surface area contributed by atoms with E-state index < -0.39 is 0 Å².